The van der Waals surface area contributed by atoms with Gasteiger partial charge in [0.05, 0.1) is 0 Å². The Balaban J connectivity index is 2.30. The van der Waals surface area contributed by atoms with Gasteiger partial charge in [0.2, 0.25) is 11.1 Å². The van der Waals surface area contributed by atoms with E-state index in [1.807, 2.05) is 0 Å². The number of rotatable bonds is 6. The molecule has 16 heavy (non-hydrogen) atoms. The zero-order valence-electron chi connectivity index (χ0n) is 9.71. The van der Waals surface area contributed by atoms with Crippen LogP contribution < -0.4 is 0 Å². The van der Waals surface area contributed by atoms with Crippen LogP contribution in [-0.2, 0) is 22.5 Å². The van der Waals surface area contributed by atoms with Gasteiger partial charge in [0.25, 0.3) is 5.16 Å². The second-order valence-corrected chi connectivity index (χ2v) is 11.1. The van der Waals surface area contributed by atoms with Crippen molar-refractivity contribution in [3.63, 3.8) is 0 Å². The highest BCUT2D eigenvalue weighted by molar-refractivity contribution is 7.79. The lowest BCUT2D eigenvalue weighted by Crippen LogP contribution is -2.22. The third-order valence-electron chi connectivity index (χ3n) is 1.89. The van der Waals surface area contributed by atoms with Crippen molar-refractivity contribution in [3.05, 3.63) is 6.33 Å². The van der Waals surface area contributed by atoms with Gasteiger partial charge >= 0.3 is 0 Å². The first-order valence-electron chi connectivity index (χ1n) is 4.96. The van der Waals surface area contributed by atoms with Gasteiger partial charge in [-0.05, 0) is 6.04 Å². The summed E-state index contributed by atoms with van der Waals surface area (Å²) < 4.78 is 26.1. The molecule has 0 aliphatic rings. The number of nitrogens with zero attached hydrogens (tertiary/aromatic N) is 3. The molecule has 0 saturated heterocycles. The summed E-state index contributed by atoms with van der Waals surface area (Å²) in [5.74, 6) is 0. The van der Waals surface area contributed by atoms with Crippen LogP contribution in [0.5, 0.6) is 0 Å². The smallest absolute Gasteiger partial charge is 0.266 e. The molecule has 0 spiro atoms. The summed E-state index contributed by atoms with van der Waals surface area (Å²) in [6.45, 7) is 7.79. The molecule has 0 aromatic carbocycles. The fourth-order valence-electron chi connectivity index (χ4n) is 0.956. The molecule has 1 unspecified atom stereocenters. The third-order valence-corrected chi connectivity index (χ3v) is 4.10. The first-order chi connectivity index (χ1) is 7.38. The molecule has 1 aromatic heterocycles. The van der Waals surface area contributed by atoms with Crippen molar-refractivity contribution < 1.29 is 13.5 Å². The van der Waals surface area contributed by atoms with Gasteiger partial charge in [-0.15, -0.1) is 5.10 Å². The van der Waals surface area contributed by atoms with Crippen molar-refractivity contribution in [1.82, 2.24) is 14.8 Å². The number of hydrogen-bond acceptors (Lipinski definition) is 4. The Kier molecular flexibility index (Phi) is 4.78. The maximum atomic E-state index is 10.6. The van der Waals surface area contributed by atoms with Crippen molar-refractivity contribution >= 4 is 19.2 Å². The van der Waals surface area contributed by atoms with Gasteiger partial charge in [0.1, 0.15) is 13.1 Å². The van der Waals surface area contributed by atoms with E-state index in [9.17, 15) is 4.21 Å². The van der Waals surface area contributed by atoms with E-state index < -0.39 is 19.2 Å². The summed E-state index contributed by atoms with van der Waals surface area (Å²) in [7, 11) is -1.07. The molecule has 0 bridgehead atoms. The van der Waals surface area contributed by atoms with Crippen LogP contribution >= 0.6 is 0 Å². The highest BCUT2D eigenvalue weighted by Crippen LogP contribution is 2.07. The van der Waals surface area contributed by atoms with Crippen molar-refractivity contribution in [2.24, 2.45) is 0 Å². The Morgan fingerprint density at radius 1 is 1.56 bits per heavy atom. The SMILES string of the molecule is C[Si](C)(C)CCOCn1cnc(S(=O)O)n1. The van der Waals surface area contributed by atoms with E-state index in [2.05, 4.69) is 29.7 Å². The first-order valence-corrected chi connectivity index (χ1v) is 9.78. The van der Waals surface area contributed by atoms with Crippen LogP contribution in [0.3, 0.4) is 0 Å². The van der Waals surface area contributed by atoms with E-state index in [-0.39, 0.29) is 11.9 Å². The van der Waals surface area contributed by atoms with Gasteiger partial charge in [0.15, 0.2) is 0 Å². The van der Waals surface area contributed by atoms with E-state index in [0.29, 0.717) is 6.61 Å². The lowest BCUT2D eigenvalue weighted by molar-refractivity contribution is 0.0776. The molecule has 92 valence electrons. The van der Waals surface area contributed by atoms with Gasteiger partial charge in [-0.2, -0.15) is 0 Å². The summed E-state index contributed by atoms with van der Waals surface area (Å²) in [4.78, 5) is 3.67. The van der Waals surface area contributed by atoms with Crippen molar-refractivity contribution in [2.75, 3.05) is 6.61 Å². The highest BCUT2D eigenvalue weighted by atomic mass is 32.2. The zero-order valence-corrected chi connectivity index (χ0v) is 11.5. The summed E-state index contributed by atoms with van der Waals surface area (Å²) >= 11 is -2.12. The minimum atomic E-state index is -2.12. The largest absolute Gasteiger partial charge is 0.359 e. The number of hydrogen-bond donors (Lipinski definition) is 1. The minimum Gasteiger partial charge on any atom is -0.359 e. The lowest BCUT2D eigenvalue weighted by Gasteiger charge is -2.15. The molecular weight excluding hydrogens is 246 g/mol. The quantitative estimate of drug-likeness (QED) is 0.473. The molecule has 0 aliphatic carbocycles. The molecule has 0 saturated carbocycles. The van der Waals surface area contributed by atoms with E-state index >= 15 is 0 Å². The Labute approximate surface area is 98.3 Å². The molecule has 1 heterocycles. The van der Waals surface area contributed by atoms with Crippen LogP contribution in [0.25, 0.3) is 0 Å². The van der Waals surface area contributed by atoms with E-state index in [4.69, 9.17) is 9.29 Å². The monoisotopic (exact) mass is 263 g/mol. The lowest BCUT2D eigenvalue weighted by atomic mass is 10.8. The Hall–Kier alpha value is -0.573. The molecule has 0 fully saturated rings. The molecule has 0 radical (unpaired) electrons. The van der Waals surface area contributed by atoms with Crippen molar-refractivity contribution in [3.8, 4) is 0 Å². The van der Waals surface area contributed by atoms with Crippen LogP contribution in [0.2, 0.25) is 25.7 Å². The van der Waals surface area contributed by atoms with Crippen LogP contribution in [0, 0.1) is 0 Å². The first kappa shape index (κ1) is 13.5. The van der Waals surface area contributed by atoms with Gasteiger partial charge in [-0.25, -0.2) is 13.9 Å². The predicted octanol–water partition coefficient (Wildman–Crippen LogP) is 1.17. The van der Waals surface area contributed by atoms with Gasteiger partial charge in [-0.1, -0.05) is 19.6 Å². The molecule has 1 rings (SSSR count). The van der Waals surface area contributed by atoms with E-state index in [1.54, 1.807) is 0 Å². The summed E-state index contributed by atoms with van der Waals surface area (Å²) in [6.07, 6.45) is 1.39. The molecule has 8 heteroatoms. The zero-order chi connectivity index (χ0) is 12.2. The van der Waals surface area contributed by atoms with Crippen molar-refractivity contribution in [2.45, 2.75) is 37.6 Å². The fourth-order valence-corrected chi connectivity index (χ4v) is 2.02. The maximum absolute atomic E-state index is 10.6. The normalized spacial score (nSPS) is 14.0. The summed E-state index contributed by atoms with van der Waals surface area (Å²) in [6, 6.07) is 1.08. The second-order valence-electron chi connectivity index (χ2n) is 4.66. The molecule has 1 aromatic rings. The van der Waals surface area contributed by atoms with Gasteiger partial charge in [0, 0.05) is 14.7 Å². The maximum Gasteiger partial charge on any atom is 0.266 e. The van der Waals surface area contributed by atoms with E-state index in [1.165, 1.54) is 11.0 Å². The molecular formula is C8H17N3O3SSi. The number of ether oxygens (including phenoxy) is 1. The minimum absolute atomic E-state index is 0.0891. The van der Waals surface area contributed by atoms with Gasteiger partial charge in [-0.3, -0.25) is 4.55 Å². The number of aromatic nitrogens is 3. The van der Waals surface area contributed by atoms with Crippen LogP contribution in [0.15, 0.2) is 11.5 Å². The standard InChI is InChI=1S/C8H17N3O3SSi/c1-16(2,3)5-4-14-7-11-6-9-8(10-11)15(12)13/h6H,4-5,7H2,1-3H3,(H,12,13). The topological polar surface area (TPSA) is 77.2 Å². The van der Waals surface area contributed by atoms with Crippen LogP contribution in [0.4, 0.5) is 0 Å². The Morgan fingerprint density at radius 3 is 2.75 bits per heavy atom. The second kappa shape index (κ2) is 5.67. The Bertz CT molecular complexity index is 364. The Morgan fingerprint density at radius 2 is 2.25 bits per heavy atom. The summed E-state index contributed by atoms with van der Waals surface area (Å²) in [5, 5.41) is 3.70. The summed E-state index contributed by atoms with van der Waals surface area (Å²) in [5.41, 5.74) is 0. The predicted molar refractivity (Wildman–Crippen MR) is 63.2 cm³/mol. The van der Waals surface area contributed by atoms with E-state index in [0.717, 1.165) is 6.04 Å². The average molecular weight is 263 g/mol. The van der Waals surface area contributed by atoms with Gasteiger partial charge < -0.3 is 4.74 Å². The fraction of sp³-hybridized carbons (Fsp3) is 0.750. The van der Waals surface area contributed by atoms with Crippen molar-refractivity contribution in [1.29, 1.82) is 0 Å². The molecule has 0 amide bonds. The molecule has 1 N–H and O–H groups in total. The van der Waals surface area contributed by atoms with Crippen LogP contribution in [-0.4, -0.2) is 38.2 Å². The molecule has 6 nitrogen and oxygen atoms in total. The third kappa shape index (κ3) is 4.97. The highest BCUT2D eigenvalue weighted by Gasteiger charge is 2.12. The average Bonchev–Trinajstić information content (AvgIpc) is 2.59. The van der Waals surface area contributed by atoms with Crippen LogP contribution in [0.1, 0.15) is 0 Å². The molecule has 0 aliphatic heterocycles. The molecule has 1 atom stereocenters.